The van der Waals surface area contributed by atoms with Gasteiger partial charge in [-0.25, -0.2) is 0 Å². The SMILES string of the molecule is [Si][Si][Si](CCc1ccccc1)(CCc1ccccc1)CCc1ccccc1. The fourth-order valence-corrected chi connectivity index (χ4v) is 12.7. The van der Waals surface area contributed by atoms with Crippen molar-refractivity contribution in [3.05, 3.63) is 108 Å². The second-order valence-corrected chi connectivity index (χ2v) is 17.9. The largest absolute Gasteiger partial charge is 0.0622 e. The molecule has 3 heteroatoms. The molecule has 0 aromatic heterocycles. The van der Waals surface area contributed by atoms with Gasteiger partial charge in [-0.3, -0.25) is 0 Å². The van der Waals surface area contributed by atoms with Crippen LogP contribution in [0.5, 0.6) is 0 Å². The van der Waals surface area contributed by atoms with Crippen LogP contribution in [-0.4, -0.2) is 25.9 Å². The summed E-state index contributed by atoms with van der Waals surface area (Å²) in [5.74, 6) is 0. The number of benzene rings is 3. The van der Waals surface area contributed by atoms with Gasteiger partial charge in [0.2, 0.25) is 0 Å². The van der Waals surface area contributed by atoms with Gasteiger partial charge in [-0.2, -0.15) is 0 Å². The lowest BCUT2D eigenvalue weighted by Gasteiger charge is -2.31. The molecule has 27 heavy (non-hydrogen) atoms. The molecule has 0 nitrogen and oxygen atoms in total. The van der Waals surface area contributed by atoms with E-state index < -0.39 is 7.59 Å². The van der Waals surface area contributed by atoms with Gasteiger partial charge in [0.25, 0.3) is 0 Å². The van der Waals surface area contributed by atoms with E-state index in [9.17, 15) is 0 Å². The molecular formula is C24H27Si3. The zero-order chi connectivity index (χ0) is 18.8. The van der Waals surface area contributed by atoms with E-state index >= 15 is 0 Å². The van der Waals surface area contributed by atoms with Crippen LogP contribution in [0.25, 0.3) is 0 Å². The van der Waals surface area contributed by atoms with Crippen molar-refractivity contribution in [1.29, 1.82) is 0 Å². The molecule has 3 aromatic carbocycles. The normalized spacial score (nSPS) is 11.4. The lowest BCUT2D eigenvalue weighted by atomic mass is 10.2. The third-order valence-corrected chi connectivity index (χ3v) is 18.2. The summed E-state index contributed by atoms with van der Waals surface area (Å²) >= 11 is 0. The van der Waals surface area contributed by atoms with Gasteiger partial charge in [-0.15, -0.1) is 0 Å². The highest BCUT2D eigenvalue weighted by molar-refractivity contribution is 7.40. The Morgan fingerprint density at radius 2 is 0.815 bits per heavy atom. The maximum absolute atomic E-state index is 4.04. The van der Waals surface area contributed by atoms with Crippen LogP contribution in [0.15, 0.2) is 91.0 Å². The molecule has 0 atom stereocenters. The second kappa shape index (κ2) is 10.6. The summed E-state index contributed by atoms with van der Waals surface area (Å²) in [6.45, 7) is 0. The van der Waals surface area contributed by atoms with E-state index in [1.165, 1.54) is 54.1 Å². The Kier molecular flexibility index (Phi) is 7.87. The van der Waals surface area contributed by atoms with Gasteiger partial charge in [0, 0.05) is 25.9 Å². The van der Waals surface area contributed by atoms with Crippen LogP contribution in [-0.2, 0) is 19.3 Å². The Morgan fingerprint density at radius 3 is 1.07 bits per heavy atom. The van der Waals surface area contributed by atoms with E-state index in [-0.39, 0.29) is 0 Å². The first-order chi connectivity index (χ1) is 13.3. The Hall–Kier alpha value is -1.69. The quantitative estimate of drug-likeness (QED) is 0.398. The number of hydrogen-bond acceptors (Lipinski definition) is 0. The molecule has 0 amide bonds. The summed E-state index contributed by atoms with van der Waals surface area (Å²) in [7, 11) is 3.58. The average Bonchev–Trinajstić information content (AvgIpc) is 2.76. The second-order valence-electron chi connectivity index (χ2n) is 7.36. The van der Waals surface area contributed by atoms with Gasteiger partial charge < -0.3 is 0 Å². The molecule has 0 N–H and O–H groups in total. The van der Waals surface area contributed by atoms with Crippen molar-refractivity contribution in [1.82, 2.24) is 0 Å². The Morgan fingerprint density at radius 1 is 0.519 bits per heavy atom. The minimum Gasteiger partial charge on any atom is -0.0622 e. The molecule has 5 radical (unpaired) electrons. The molecule has 0 heterocycles. The lowest BCUT2D eigenvalue weighted by molar-refractivity contribution is 0.990. The molecular weight excluding hydrogens is 373 g/mol. The molecule has 3 rings (SSSR count). The smallest absolute Gasteiger partial charge is 0.0390 e. The van der Waals surface area contributed by atoms with Gasteiger partial charge in [-0.05, 0) is 36.0 Å². The summed E-state index contributed by atoms with van der Waals surface area (Å²) in [5.41, 5.74) is 4.45. The molecule has 0 aliphatic carbocycles. The zero-order valence-electron chi connectivity index (χ0n) is 15.9. The standard InChI is InChI=1S/C24H27Si3/c25-26-27(19-16-22-10-4-1-5-11-22,20-17-23-12-6-2-7-13-23)21-18-24-14-8-3-9-15-24/h1-15H,16-21H2. The van der Waals surface area contributed by atoms with E-state index in [0.717, 1.165) is 8.55 Å². The van der Waals surface area contributed by atoms with Crippen LogP contribution in [0.1, 0.15) is 16.7 Å². The fourth-order valence-electron chi connectivity index (χ4n) is 3.65. The van der Waals surface area contributed by atoms with E-state index in [4.69, 9.17) is 0 Å². The monoisotopic (exact) mass is 399 g/mol. The van der Waals surface area contributed by atoms with Gasteiger partial charge in [0.1, 0.15) is 0 Å². The number of aryl methyl sites for hydroxylation is 3. The highest BCUT2D eigenvalue weighted by Gasteiger charge is 2.30. The van der Waals surface area contributed by atoms with Gasteiger partial charge in [-0.1, -0.05) is 109 Å². The molecule has 135 valence electrons. The molecule has 0 bridgehead atoms. The molecule has 0 saturated carbocycles. The van der Waals surface area contributed by atoms with Crippen molar-refractivity contribution in [2.75, 3.05) is 0 Å². The first-order valence-electron chi connectivity index (χ1n) is 9.85. The Bertz CT molecular complexity index is 666. The highest BCUT2D eigenvalue weighted by atomic mass is 29.5. The van der Waals surface area contributed by atoms with Crippen molar-refractivity contribution >= 4 is 25.9 Å². The van der Waals surface area contributed by atoms with E-state index in [1.54, 1.807) is 0 Å². The van der Waals surface area contributed by atoms with Crippen LogP contribution in [0, 0.1) is 0 Å². The van der Waals surface area contributed by atoms with Gasteiger partial charge in [0.15, 0.2) is 0 Å². The summed E-state index contributed by atoms with van der Waals surface area (Å²) in [6.07, 6.45) is 3.65. The minimum absolute atomic E-state index is 0.919. The maximum atomic E-state index is 4.04. The van der Waals surface area contributed by atoms with Crippen LogP contribution < -0.4 is 0 Å². The van der Waals surface area contributed by atoms with Crippen molar-refractivity contribution < 1.29 is 0 Å². The van der Waals surface area contributed by atoms with Crippen LogP contribution in [0.2, 0.25) is 18.1 Å². The minimum atomic E-state index is -1.38. The van der Waals surface area contributed by atoms with Crippen LogP contribution >= 0.6 is 0 Å². The third kappa shape index (κ3) is 6.45. The zero-order valence-corrected chi connectivity index (χ0v) is 18.9. The number of hydrogen-bond donors (Lipinski definition) is 0. The van der Waals surface area contributed by atoms with E-state index in [2.05, 4.69) is 101 Å². The van der Waals surface area contributed by atoms with Gasteiger partial charge >= 0.3 is 0 Å². The van der Waals surface area contributed by atoms with E-state index in [1.807, 2.05) is 0 Å². The molecule has 0 fully saturated rings. The summed E-state index contributed by atoms with van der Waals surface area (Å²) in [4.78, 5) is 0. The molecule has 0 spiro atoms. The first-order valence-corrected chi connectivity index (χ1v) is 16.0. The first kappa shape index (κ1) is 20.1. The molecule has 0 aliphatic heterocycles. The van der Waals surface area contributed by atoms with Crippen molar-refractivity contribution in [3.8, 4) is 0 Å². The predicted molar refractivity (Wildman–Crippen MR) is 122 cm³/mol. The van der Waals surface area contributed by atoms with Crippen LogP contribution in [0.4, 0.5) is 0 Å². The number of rotatable bonds is 10. The summed E-state index contributed by atoms with van der Waals surface area (Å²) in [5, 5.41) is 0. The summed E-state index contributed by atoms with van der Waals surface area (Å²) < 4.78 is 0. The topological polar surface area (TPSA) is 0 Å². The average molecular weight is 400 g/mol. The van der Waals surface area contributed by atoms with Crippen molar-refractivity contribution in [3.63, 3.8) is 0 Å². The molecule has 0 unspecified atom stereocenters. The lowest BCUT2D eigenvalue weighted by Crippen LogP contribution is -2.43. The molecule has 0 saturated heterocycles. The van der Waals surface area contributed by atoms with Gasteiger partial charge in [0.05, 0.1) is 0 Å². The van der Waals surface area contributed by atoms with Crippen molar-refractivity contribution in [2.24, 2.45) is 0 Å². The fraction of sp³-hybridized carbons (Fsp3) is 0.250. The van der Waals surface area contributed by atoms with E-state index in [0.29, 0.717) is 0 Å². The molecule has 3 aromatic rings. The van der Waals surface area contributed by atoms with Crippen LogP contribution in [0.3, 0.4) is 0 Å². The predicted octanol–water partition coefficient (Wildman–Crippen LogP) is 5.45. The van der Waals surface area contributed by atoms with Crippen molar-refractivity contribution in [2.45, 2.75) is 37.4 Å². The summed E-state index contributed by atoms with van der Waals surface area (Å²) in [6, 6.07) is 37.2. The maximum Gasteiger partial charge on any atom is 0.0390 e. The molecule has 0 aliphatic rings. The Labute approximate surface area is 170 Å². The third-order valence-electron chi connectivity index (χ3n) is 5.47. The Balaban J connectivity index is 1.70. The highest BCUT2D eigenvalue weighted by Crippen LogP contribution is 2.26.